The summed E-state index contributed by atoms with van der Waals surface area (Å²) in [5.41, 5.74) is 1.24. The Morgan fingerprint density at radius 3 is 2.88 bits per heavy atom. The van der Waals surface area contributed by atoms with E-state index in [1.807, 2.05) is 12.3 Å². The molecule has 0 bridgehead atoms. The molecule has 3 aliphatic rings. The van der Waals surface area contributed by atoms with Gasteiger partial charge in [-0.05, 0) is 44.4 Å². The molecule has 3 aliphatic heterocycles. The van der Waals surface area contributed by atoms with E-state index in [9.17, 15) is 0 Å². The van der Waals surface area contributed by atoms with E-state index in [-0.39, 0.29) is 11.6 Å². The first kappa shape index (κ1) is 15.2. The molecule has 4 heteroatoms. The number of fused-ring (bicyclic) bond motifs is 3. The summed E-state index contributed by atoms with van der Waals surface area (Å²) in [7, 11) is 0. The van der Waals surface area contributed by atoms with Crippen LogP contribution < -0.4 is 4.90 Å². The van der Waals surface area contributed by atoms with Crippen LogP contribution in [-0.2, 0) is 0 Å². The Bertz CT molecular complexity index is 731. The van der Waals surface area contributed by atoms with Gasteiger partial charge in [-0.2, -0.15) is 0 Å². The van der Waals surface area contributed by atoms with Crippen LogP contribution in [0.5, 0.6) is 0 Å². The fraction of sp³-hybridized carbons (Fsp3) is 0.400. The lowest BCUT2D eigenvalue weighted by molar-refractivity contribution is 0.348. The number of hydrogen-bond acceptors (Lipinski definition) is 4. The Labute approximate surface area is 143 Å². The first-order valence-corrected chi connectivity index (χ1v) is 8.85. The maximum absolute atomic E-state index is 5.22. The van der Waals surface area contributed by atoms with Crippen molar-refractivity contribution in [2.45, 2.75) is 51.1 Å². The maximum atomic E-state index is 5.22. The van der Waals surface area contributed by atoms with Gasteiger partial charge in [0.1, 0.15) is 5.84 Å². The average Bonchev–Trinajstić information content (AvgIpc) is 2.62. The van der Waals surface area contributed by atoms with E-state index in [1.54, 1.807) is 0 Å². The molecule has 0 radical (unpaired) electrons. The molecular weight excluding hydrogens is 296 g/mol. The van der Waals surface area contributed by atoms with Gasteiger partial charge in [-0.25, -0.2) is 4.99 Å². The molecule has 124 valence electrons. The van der Waals surface area contributed by atoms with Crippen molar-refractivity contribution >= 4 is 17.7 Å². The van der Waals surface area contributed by atoms with Gasteiger partial charge in [0, 0.05) is 24.3 Å². The molecule has 2 atom stereocenters. The summed E-state index contributed by atoms with van der Waals surface area (Å²) in [6, 6.07) is 10.8. The highest BCUT2D eigenvalue weighted by atomic mass is 15.4. The van der Waals surface area contributed by atoms with Crippen molar-refractivity contribution in [3.8, 4) is 0 Å². The van der Waals surface area contributed by atoms with Gasteiger partial charge in [0.05, 0.1) is 11.6 Å². The molecule has 0 N–H and O–H groups in total. The summed E-state index contributed by atoms with van der Waals surface area (Å²) in [5, 5.41) is 0. The van der Waals surface area contributed by atoms with Crippen molar-refractivity contribution in [1.29, 1.82) is 0 Å². The largest absolute Gasteiger partial charge is 0.334 e. The number of benzene rings is 1. The Kier molecular flexibility index (Phi) is 3.75. The Morgan fingerprint density at radius 1 is 1.25 bits per heavy atom. The minimum absolute atomic E-state index is 0.0421. The van der Waals surface area contributed by atoms with Crippen molar-refractivity contribution in [3.05, 3.63) is 54.6 Å². The minimum Gasteiger partial charge on any atom is -0.334 e. The molecule has 0 fully saturated rings. The van der Waals surface area contributed by atoms with Crippen LogP contribution in [0.25, 0.3) is 0 Å². The van der Waals surface area contributed by atoms with Crippen LogP contribution >= 0.6 is 0 Å². The fourth-order valence-corrected chi connectivity index (χ4v) is 3.92. The lowest BCUT2D eigenvalue weighted by Gasteiger charge is -2.46. The van der Waals surface area contributed by atoms with Gasteiger partial charge < -0.3 is 4.90 Å². The van der Waals surface area contributed by atoms with E-state index in [0.717, 1.165) is 37.3 Å². The molecule has 0 saturated carbocycles. The van der Waals surface area contributed by atoms with Crippen molar-refractivity contribution in [2.24, 2.45) is 9.98 Å². The summed E-state index contributed by atoms with van der Waals surface area (Å²) >= 11 is 0. The third-order valence-electron chi connectivity index (χ3n) is 5.09. The Morgan fingerprint density at radius 2 is 2.08 bits per heavy atom. The van der Waals surface area contributed by atoms with Crippen molar-refractivity contribution in [3.63, 3.8) is 0 Å². The SMILES string of the molecule is CCCC1(C)CCC2C(=N1)N1C=CC=NC1=CN2c1ccccc1. The molecule has 3 heterocycles. The van der Waals surface area contributed by atoms with Crippen LogP contribution in [0.15, 0.2) is 64.6 Å². The van der Waals surface area contributed by atoms with E-state index < -0.39 is 0 Å². The number of anilines is 1. The van der Waals surface area contributed by atoms with Gasteiger partial charge in [-0.3, -0.25) is 9.89 Å². The smallest absolute Gasteiger partial charge is 0.154 e. The molecule has 0 amide bonds. The molecule has 0 aromatic heterocycles. The lowest BCUT2D eigenvalue weighted by Crippen LogP contribution is -2.53. The van der Waals surface area contributed by atoms with E-state index in [1.165, 1.54) is 5.69 Å². The third-order valence-corrected chi connectivity index (χ3v) is 5.09. The second-order valence-electron chi connectivity index (χ2n) is 6.99. The lowest BCUT2D eigenvalue weighted by atomic mass is 9.85. The third kappa shape index (κ3) is 2.56. The monoisotopic (exact) mass is 320 g/mol. The molecule has 4 rings (SSSR count). The van der Waals surface area contributed by atoms with Gasteiger partial charge in [0.25, 0.3) is 0 Å². The van der Waals surface area contributed by atoms with Gasteiger partial charge in [0.2, 0.25) is 0 Å². The van der Waals surface area contributed by atoms with Crippen LogP contribution in [-0.4, -0.2) is 28.5 Å². The minimum atomic E-state index is 0.0421. The van der Waals surface area contributed by atoms with Crippen LogP contribution in [0.1, 0.15) is 39.5 Å². The number of allylic oxidation sites excluding steroid dienone is 1. The number of rotatable bonds is 3. The van der Waals surface area contributed by atoms with Crippen molar-refractivity contribution in [2.75, 3.05) is 4.90 Å². The summed E-state index contributed by atoms with van der Waals surface area (Å²) in [6.45, 7) is 4.53. The van der Waals surface area contributed by atoms with Gasteiger partial charge in [-0.15, -0.1) is 0 Å². The average molecular weight is 320 g/mol. The molecule has 1 aromatic rings. The zero-order chi connectivity index (χ0) is 16.6. The van der Waals surface area contributed by atoms with Crippen LogP contribution in [0.2, 0.25) is 0 Å². The first-order chi connectivity index (χ1) is 11.7. The molecule has 1 aromatic carbocycles. The second kappa shape index (κ2) is 5.93. The van der Waals surface area contributed by atoms with Gasteiger partial charge in [0.15, 0.2) is 5.82 Å². The van der Waals surface area contributed by atoms with E-state index in [4.69, 9.17) is 4.99 Å². The van der Waals surface area contributed by atoms with Gasteiger partial charge in [-0.1, -0.05) is 31.5 Å². The standard InChI is InChI=1S/C20H24N4/c1-3-11-20(2)12-10-17-19(22-20)23-14-7-13-21-18(23)15-24(17)16-8-5-4-6-9-16/h4-9,13-15,17H,3,10-12H2,1-2H3. The van der Waals surface area contributed by atoms with E-state index >= 15 is 0 Å². The fourth-order valence-electron chi connectivity index (χ4n) is 3.92. The predicted octanol–water partition coefficient (Wildman–Crippen LogP) is 4.33. The molecule has 24 heavy (non-hydrogen) atoms. The summed E-state index contributed by atoms with van der Waals surface area (Å²) in [6.07, 6.45) is 12.6. The molecule has 0 saturated heterocycles. The quantitative estimate of drug-likeness (QED) is 0.830. The number of amidine groups is 1. The molecule has 4 nitrogen and oxygen atoms in total. The number of aliphatic imine (C=N–C) groups is 2. The van der Waals surface area contributed by atoms with Crippen LogP contribution in [0.3, 0.4) is 0 Å². The van der Waals surface area contributed by atoms with Gasteiger partial charge >= 0.3 is 0 Å². The highest BCUT2D eigenvalue weighted by Crippen LogP contribution is 2.37. The first-order valence-electron chi connectivity index (χ1n) is 8.85. The molecule has 0 aliphatic carbocycles. The summed E-state index contributed by atoms with van der Waals surface area (Å²) in [5.74, 6) is 2.07. The topological polar surface area (TPSA) is 31.2 Å². The zero-order valence-corrected chi connectivity index (χ0v) is 14.4. The van der Waals surface area contributed by atoms with E-state index in [2.05, 4.69) is 71.4 Å². The Hall–Kier alpha value is -2.36. The predicted molar refractivity (Wildman–Crippen MR) is 100 cm³/mol. The summed E-state index contributed by atoms with van der Waals surface area (Å²) < 4.78 is 0. The Balaban J connectivity index is 1.80. The highest BCUT2D eigenvalue weighted by Gasteiger charge is 2.40. The highest BCUT2D eigenvalue weighted by molar-refractivity contribution is 5.96. The molecule has 2 unspecified atom stereocenters. The second-order valence-corrected chi connectivity index (χ2v) is 6.99. The zero-order valence-electron chi connectivity index (χ0n) is 14.4. The van der Waals surface area contributed by atoms with Crippen molar-refractivity contribution < 1.29 is 0 Å². The maximum Gasteiger partial charge on any atom is 0.154 e. The number of nitrogens with zero attached hydrogens (tertiary/aromatic N) is 4. The van der Waals surface area contributed by atoms with Crippen LogP contribution in [0, 0.1) is 0 Å². The normalized spacial score (nSPS) is 28.2. The van der Waals surface area contributed by atoms with Crippen molar-refractivity contribution in [1.82, 2.24) is 4.90 Å². The number of para-hydroxylation sites is 1. The number of hydrogen-bond donors (Lipinski definition) is 0. The summed E-state index contributed by atoms with van der Waals surface area (Å²) in [4.78, 5) is 14.3. The van der Waals surface area contributed by atoms with E-state index in [0.29, 0.717) is 0 Å². The molecule has 0 spiro atoms. The molecular formula is C20H24N4. The van der Waals surface area contributed by atoms with Crippen LogP contribution in [0.4, 0.5) is 5.69 Å².